The van der Waals surface area contributed by atoms with Gasteiger partial charge in [0.05, 0.1) is 0 Å². The molecule has 0 amide bonds. The molecule has 0 aliphatic heterocycles. The van der Waals surface area contributed by atoms with E-state index in [-0.39, 0.29) is 0 Å². The van der Waals surface area contributed by atoms with Crippen molar-refractivity contribution >= 4 is 6.79 Å². The Kier molecular flexibility index (Phi) is 20.2. The van der Waals surface area contributed by atoms with Crippen LogP contribution < -0.4 is 5.73 Å². The van der Waals surface area contributed by atoms with E-state index in [0.717, 1.165) is 12.2 Å². The van der Waals surface area contributed by atoms with Gasteiger partial charge < -0.3 is 15.4 Å². The summed E-state index contributed by atoms with van der Waals surface area (Å²) in [7, 11) is 4.04. The number of likely N-dealkylation sites (N-methyl/N-ethyl adjacent to an activating group) is 1. The van der Waals surface area contributed by atoms with Crippen molar-refractivity contribution in [2.45, 2.75) is 20.8 Å². The Morgan fingerprint density at radius 3 is 2.06 bits per heavy atom. The lowest BCUT2D eigenvalue weighted by Gasteiger charge is -2.10. The van der Waals surface area contributed by atoms with Gasteiger partial charge in [0.25, 0.3) is 0 Å². The fourth-order valence-corrected chi connectivity index (χ4v) is 0.880. The number of carbonyl (C=O) groups excluding carboxylic acids is 1. The largest absolute Gasteiger partial charge is 0.399 e. The van der Waals surface area contributed by atoms with Crippen LogP contribution in [0.3, 0.4) is 0 Å². The maximum Gasteiger partial charge on any atom is 0.106 e. The van der Waals surface area contributed by atoms with E-state index in [1.165, 1.54) is 5.57 Å². The standard InChI is InChI=1S/C10H18N2.C2H6.CH2O/c1-5-6-7-10(11)9(2)8-12(3)4;2*1-2/h5-7H,1,8,11H2,2-4H3;1-2H3;1H2/b7-6-,10-9-;;. The van der Waals surface area contributed by atoms with E-state index in [2.05, 4.69) is 11.5 Å². The van der Waals surface area contributed by atoms with Crippen molar-refractivity contribution < 1.29 is 4.79 Å². The van der Waals surface area contributed by atoms with Crippen LogP contribution in [-0.2, 0) is 4.79 Å². The highest BCUT2D eigenvalue weighted by molar-refractivity contribution is 5.24. The Morgan fingerprint density at radius 2 is 1.75 bits per heavy atom. The highest BCUT2D eigenvalue weighted by Crippen LogP contribution is 2.00. The molecule has 0 aromatic heterocycles. The van der Waals surface area contributed by atoms with E-state index in [1.807, 2.05) is 53.8 Å². The third kappa shape index (κ3) is 15.1. The molecule has 0 aliphatic carbocycles. The van der Waals surface area contributed by atoms with Crippen LogP contribution in [0.1, 0.15) is 20.8 Å². The molecule has 0 rings (SSSR count). The first-order valence-corrected chi connectivity index (χ1v) is 5.26. The molecule has 0 heterocycles. The van der Waals surface area contributed by atoms with Gasteiger partial charge in [0.1, 0.15) is 6.79 Å². The molecule has 0 saturated heterocycles. The average Bonchev–Trinajstić information content (AvgIpc) is 2.30. The molecular formula is C13H26N2O. The fraction of sp³-hybridized carbons (Fsp3) is 0.462. The molecule has 0 unspecified atom stereocenters. The lowest BCUT2D eigenvalue weighted by molar-refractivity contribution is -0.0979. The van der Waals surface area contributed by atoms with Crippen LogP contribution in [0.5, 0.6) is 0 Å². The number of nitrogens with two attached hydrogens (primary N) is 1. The van der Waals surface area contributed by atoms with Crippen LogP contribution in [0.25, 0.3) is 0 Å². The molecule has 0 aromatic carbocycles. The van der Waals surface area contributed by atoms with Gasteiger partial charge in [-0.05, 0) is 32.7 Å². The third-order valence-electron chi connectivity index (χ3n) is 1.46. The summed E-state index contributed by atoms with van der Waals surface area (Å²) in [5, 5.41) is 0. The van der Waals surface area contributed by atoms with Gasteiger partial charge in [-0.1, -0.05) is 32.6 Å². The Balaban J connectivity index is -0.000000376. The van der Waals surface area contributed by atoms with Crippen LogP contribution >= 0.6 is 0 Å². The molecular weight excluding hydrogens is 200 g/mol. The molecule has 3 nitrogen and oxygen atoms in total. The van der Waals surface area contributed by atoms with Crippen molar-refractivity contribution in [1.29, 1.82) is 0 Å². The summed E-state index contributed by atoms with van der Waals surface area (Å²) in [6.45, 7) is 12.5. The molecule has 0 radical (unpaired) electrons. The quantitative estimate of drug-likeness (QED) is 0.749. The summed E-state index contributed by atoms with van der Waals surface area (Å²) in [5.74, 6) is 0. The molecule has 0 bridgehead atoms. The smallest absolute Gasteiger partial charge is 0.106 e. The molecule has 3 heteroatoms. The van der Waals surface area contributed by atoms with Gasteiger partial charge in [0.2, 0.25) is 0 Å². The van der Waals surface area contributed by atoms with Gasteiger partial charge in [-0.25, -0.2) is 0 Å². The number of hydrogen-bond acceptors (Lipinski definition) is 3. The number of allylic oxidation sites excluding steroid dienone is 3. The van der Waals surface area contributed by atoms with Crippen LogP contribution in [0, 0.1) is 0 Å². The Bertz CT molecular complexity index is 218. The number of carbonyl (C=O) groups is 1. The first kappa shape index (κ1) is 20.1. The zero-order valence-corrected chi connectivity index (χ0v) is 11.3. The fourth-order valence-electron chi connectivity index (χ4n) is 0.880. The van der Waals surface area contributed by atoms with Gasteiger partial charge >= 0.3 is 0 Å². The van der Waals surface area contributed by atoms with E-state index >= 15 is 0 Å². The van der Waals surface area contributed by atoms with Crippen molar-refractivity contribution in [1.82, 2.24) is 4.90 Å². The molecule has 94 valence electrons. The first-order valence-electron chi connectivity index (χ1n) is 5.26. The van der Waals surface area contributed by atoms with Crippen LogP contribution in [0.15, 0.2) is 36.1 Å². The van der Waals surface area contributed by atoms with Crippen molar-refractivity contribution in [2.75, 3.05) is 20.6 Å². The average molecular weight is 226 g/mol. The molecule has 0 atom stereocenters. The lowest BCUT2D eigenvalue weighted by Crippen LogP contribution is -2.16. The highest BCUT2D eigenvalue weighted by atomic mass is 16.1. The number of hydrogen-bond donors (Lipinski definition) is 1. The minimum absolute atomic E-state index is 0.823. The van der Waals surface area contributed by atoms with Crippen molar-refractivity contribution in [3.8, 4) is 0 Å². The minimum atomic E-state index is 0.823. The van der Waals surface area contributed by atoms with Crippen LogP contribution in [0.2, 0.25) is 0 Å². The summed E-state index contributed by atoms with van der Waals surface area (Å²) in [6.07, 6.45) is 5.43. The van der Waals surface area contributed by atoms with E-state index in [1.54, 1.807) is 6.08 Å². The highest BCUT2D eigenvalue weighted by Gasteiger charge is 1.95. The zero-order valence-electron chi connectivity index (χ0n) is 11.3. The normalized spacial score (nSPS) is 10.9. The van der Waals surface area contributed by atoms with Crippen molar-refractivity contribution in [3.05, 3.63) is 36.1 Å². The van der Waals surface area contributed by atoms with Gasteiger partial charge in [0.15, 0.2) is 0 Å². The Hall–Kier alpha value is -1.35. The summed E-state index contributed by atoms with van der Waals surface area (Å²) >= 11 is 0. The van der Waals surface area contributed by atoms with Crippen molar-refractivity contribution in [3.63, 3.8) is 0 Å². The molecule has 16 heavy (non-hydrogen) atoms. The molecule has 2 N–H and O–H groups in total. The second kappa shape index (κ2) is 16.1. The Labute approximate surface area is 100 Å². The van der Waals surface area contributed by atoms with Gasteiger partial charge in [-0.15, -0.1) is 0 Å². The summed E-state index contributed by atoms with van der Waals surface area (Å²) in [6, 6.07) is 0. The van der Waals surface area contributed by atoms with E-state index < -0.39 is 0 Å². The summed E-state index contributed by atoms with van der Waals surface area (Å²) in [5.41, 5.74) is 7.77. The lowest BCUT2D eigenvalue weighted by atomic mass is 10.2. The summed E-state index contributed by atoms with van der Waals surface area (Å²) in [4.78, 5) is 10.1. The van der Waals surface area contributed by atoms with E-state index in [9.17, 15) is 0 Å². The molecule has 0 aliphatic rings. The van der Waals surface area contributed by atoms with Gasteiger partial charge in [-0.2, -0.15) is 0 Å². The van der Waals surface area contributed by atoms with Gasteiger partial charge in [0, 0.05) is 12.2 Å². The first-order chi connectivity index (χ1) is 7.57. The Morgan fingerprint density at radius 1 is 1.31 bits per heavy atom. The number of rotatable bonds is 4. The second-order valence-corrected chi connectivity index (χ2v) is 3.07. The minimum Gasteiger partial charge on any atom is -0.399 e. The summed E-state index contributed by atoms with van der Waals surface area (Å²) < 4.78 is 0. The molecule has 0 aromatic rings. The van der Waals surface area contributed by atoms with Crippen molar-refractivity contribution in [2.24, 2.45) is 5.73 Å². The molecule has 0 spiro atoms. The maximum absolute atomic E-state index is 8.00. The van der Waals surface area contributed by atoms with Gasteiger partial charge in [-0.3, -0.25) is 0 Å². The SMILES string of the molecule is C=C/C=C\C(N)=C(/C)CN(C)C.C=O.CC. The van der Waals surface area contributed by atoms with E-state index in [4.69, 9.17) is 10.5 Å². The predicted octanol–water partition coefficient (Wildman–Crippen LogP) is 2.36. The monoisotopic (exact) mass is 226 g/mol. The van der Waals surface area contributed by atoms with Crippen LogP contribution in [-0.4, -0.2) is 32.3 Å². The maximum atomic E-state index is 8.00. The third-order valence-corrected chi connectivity index (χ3v) is 1.46. The topological polar surface area (TPSA) is 46.3 Å². The van der Waals surface area contributed by atoms with Crippen LogP contribution in [0.4, 0.5) is 0 Å². The zero-order chi connectivity index (χ0) is 13.6. The molecule has 0 saturated carbocycles. The number of nitrogens with zero attached hydrogens (tertiary/aromatic N) is 1. The predicted molar refractivity (Wildman–Crippen MR) is 73.2 cm³/mol. The van der Waals surface area contributed by atoms with E-state index in [0.29, 0.717) is 0 Å². The second-order valence-electron chi connectivity index (χ2n) is 3.07. The molecule has 0 fully saturated rings.